The molecule has 6 heteroatoms. The van der Waals surface area contributed by atoms with Crippen LogP contribution in [0.1, 0.15) is 24.7 Å². The molecule has 106 valence electrons. The Bertz CT molecular complexity index is 639. The minimum absolute atomic E-state index is 0.206. The summed E-state index contributed by atoms with van der Waals surface area (Å²) in [5.74, 6) is 1.70. The number of piperidine rings is 1. The fraction of sp³-hybridized carbons (Fsp3) is 0.500. The first kappa shape index (κ1) is 13.4. The number of amides is 1. The van der Waals surface area contributed by atoms with Crippen LogP contribution >= 0.6 is 11.6 Å². The SMILES string of the molecule is CN1CC(n2c(CCCl)nc3cccnc32)CCC1=O. The van der Waals surface area contributed by atoms with Gasteiger partial charge in [0.15, 0.2) is 5.65 Å². The molecular formula is C14H17ClN4O. The van der Waals surface area contributed by atoms with E-state index in [2.05, 4.69) is 14.5 Å². The average Bonchev–Trinajstić information content (AvgIpc) is 2.80. The highest BCUT2D eigenvalue weighted by atomic mass is 35.5. The molecule has 1 aliphatic rings. The number of halogens is 1. The van der Waals surface area contributed by atoms with Crippen LogP contribution < -0.4 is 0 Å². The molecule has 0 bridgehead atoms. The van der Waals surface area contributed by atoms with Gasteiger partial charge in [0.1, 0.15) is 11.3 Å². The van der Waals surface area contributed by atoms with Gasteiger partial charge in [0.25, 0.3) is 0 Å². The van der Waals surface area contributed by atoms with E-state index in [1.54, 1.807) is 11.1 Å². The lowest BCUT2D eigenvalue weighted by atomic mass is 10.1. The van der Waals surface area contributed by atoms with Crippen LogP contribution in [-0.2, 0) is 11.2 Å². The fourth-order valence-corrected chi connectivity index (χ4v) is 2.99. The van der Waals surface area contributed by atoms with Gasteiger partial charge in [-0.3, -0.25) is 4.79 Å². The Hall–Kier alpha value is -1.62. The Balaban J connectivity index is 2.04. The minimum Gasteiger partial charge on any atom is -0.344 e. The Kier molecular flexibility index (Phi) is 3.61. The number of aromatic nitrogens is 3. The number of hydrogen-bond acceptors (Lipinski definition) is 3. The number of pyridine rings is 1. The van der Waals surface area contributed by atoms with Crippen LogP contribution in [-0.4, -0.2) is 44.8 Å². The predicted octanol–water partition coefficient (Wildman–Crippen LogP) is 2.01. The van der Waals surface area contributed by atoms with Crippen molar-refractivity contribution in [2.24, 2.45) is 0 Å². The van der Waals surface area contributed by atoms with E-state index in [0.29, 0.717) is 25.3 Å². The third kappa shape index (κ3) is 2.26. The number of fused-ring (bicyclic) bond motifs is 1. The fourth-order valence-electron chi connectivity index (χ4n) is 2.82. The normalized spacial score (nSPS) is 19.8. The van der Waals surface area contributed by atoms with Crippen molar-refractivity contribution in [2.75, 3.05) is 19.5 Å². The minimum atomic E-state index is 0.206. The number of nitrogens with zero attached hydrogens (tertiary/aromatic N) is 4. The lowest BCUT2D eigenvalue weighted by Crippen LogP contribution is -2.38. The number of rotatable bonds is 3. The summed E-state index contributed by atoms with van der Waals surface area (Å²) in [6.07, 6.45) is 3.91. The van der Waals surface area contributed by atoms with Crippen molar-refractivity contribution in [3.63, 3.8) is 0 Å². The van der Waals surface area contributed by atoms with E-state index in [1.807, 2.05) is 19.2 Å². The number of hydrogen-bond donors (Lipinski definition) is 0. The van der Waals surface area contributed by atoms with E-state index < -0.39 is 0 Å². The molecule has 5 nitrogen and oxygen atoms in total. The molecule has 2 aromatic heterocycles. The summed E-state index contributed by atoms with van der Waals surface area (Å²) in [7, 11) is 1.85. The predicted molar refractivity (Wildman–Crippen MR) is 77.9 cm³/mol. The third-order valence-electron chi connectivity index (χ3n) is 3.81. The standard InChI is InChI=1S/C14H17ClN4O/c1-18-9-10(4-5-13(18)20)19-12(6-7-15)17-11-3-2-8-16-14(11)19/h2-3,8,10H,4-7,9H2,1H3. The lowest BCUT2D eigenvalue weighted by Gasteiger charge is -2.31. The van der Waals surface area contributed by atoms with Crippen molar-refractivity contribution < 1.29 is 4.79 Å². The molecule has 3 heterocycles. The van der Waals surface area contributed by atoms with Gasteiger partial charge in [-0.1, -0.05) is 0 Å². The molecule has 1 fully saturated rings. The average molecular weight is 293 g/mol. The number of carbonyl (C=O) groups is 1. The highest BCUT2D eigenvalue weighted by Gasteiger charge is 2.27. The van der Waals surface area contributed by atoms with Gasteiger partial charge in [0.05, 0.1) is 6.04 Å². The van der Waals surface area contributed by atoms with Gasteiger partial charge in [-0.05, 0) is 18.6 Å². The molecule has 3 rings (SSSR count). The van der Waals surface area contributed by atoms with Crippen LogP contribution in [0.25, 0.3) is 11.2 Å². The van der Waals surface area contributed by atoms with Crippen LogP contribution in [0.15, 0.2) is 18.3 Å². The van der Waals surface area contributed by atoms with Gasteiger partial charge >= 0.3 is 0 Å². The number of alkyl halides is 1. The quantitative estimate of drug-likeness (QED) is 0.813. The molecule has 0 saturated carbocycles. The number of likely N-dealkylation sites (N-methyl/N-ethyl adjacent to an activating group) is 1. The first-order valence-electron chi connectivity index (χ1n) is 6.82. The Morgan fingerprint density at radius 2 is 2.35 bits per heavy atom. The van der Waals surface area contributed by atoms with Gasteiger partial charge in [-0.25, -0.2) is 9.97 Å². The number of likely N-dealkylation sites (tertiary alicyclic amines) is 1. The van der Waals surface area contributed by atoms with Crippen molar-refractivity contribution in [2.45, 2.75) is 25.3 Å². The molecule has 0 spiro atoms. The van der Waals surface area contributed by atoms with Gasteiger partial charge in [0, 0.05) is 38.5 Å². The molecule has 20 heavy (non-hydrogen) atoms. The molecule has 1 unspecified atom stereocenters. The van der Waals surface area contributed by atoms with E-state index in [4.69, 9.17) is 11.6 Å². The maximum atomic E-state index is 11.6. The maximum Gasteiger partial charge on any atom is 0.222 e. The largest absolute Gasteiger partial charge is 0.344 e. The second kappa shape index (κ2) is 5.40. The molecule has 0 N–H and O–H groups in total. The monoisotopic (exact) mass is 292 g/mol. The molecule has 1 amide bonds. The van der Waals surface area contributed by atoms with Gasteiger partial charge in [0.2, 0.25) is 5.91 Å². The van der Waals surface area contributed by atoms with Crippen molar-refractivity contribution >= 4 is 28.7 Å². The Labute approximate surface area is 122 Å². The summed E-state index contributed by atoms with van der Waals surface area (Å²) in [4.78, 5) is 22.5. The first-order chi connectivity index (χ1) is 9.70. The Morgan fingerprint density at radius 1 is 1.50 bits per heavy atom. The zero-order valence-corrected chi connectivity index (χ0v) is 12.2. The van der Waals surface area contributed by atoms with Crippen molar-refractivity contribution in [1.82, 2.24) is 19.4 Å². The number of imidazole rings is 1. The van der Waals surface area contributed by atoms with E-state index in [9.17, 15) is 4.79 Å². The van der Waals surface area contributed by atoms with E-state index in [-0.39, 0.29) is 11.9 Å². The summed E-state index contributed by atoms with van der Waals surface area (Å²) < 4.78 is 2.17. The smallest absolute Gasteiger partial charge is 0.222 e. The van der Waals surface area contributed by atoms with Crippen LogP contribution in [0.4, 0.5) is 0 Å². The molecule has 1 saturated heterocycles. The second-order valence-electron chi connectivity index (χ2n) is 5.15. The number of aryl methyl sites for hydroxylation is 1. The van der Waals surface area contributed by atoms with Gasteiger partial charge < -0.3 is 9.47 Å². The van der Waals surface area contributed by atoms with Crippen molar-refractivity contribution in [3.05, 3.63) is 24.2 Å². The molecule has 1 aliphatic heterocycles. The third-order valence-corrected chi connectivity index (χ3v) is 4.00. The molecule has 2 aromatic rings. The highest BCUT2D eigenvalue weighted by Crippen LogP contribution is 2.27. The second-order valence-corrected chi connectivity index (χ2v) is 5.53. The molecule has 1 atom stereocenters. The summed E-state index contributed by atoms with van der Waals surface area (Å²) >= 11 is 5.89. The zero-order valence-electron chi connectivity index (χ0n) is 11.4. The van der Waals surface area contributed by atoms with Crippen LogP contribution in [0, 0.1) is 0 Å². The van der Waals surface area contributed by atoms with E-state index in [1.165, 1.54) is 0 Å². The maximum absolute atomic E-state index is 11.6. The summed E-state index contributed by atoms with van der Waals surface area (Å²) in [5.41, 5.74) is 1.78. The first-order valence-corrected chi connectivity index (χ1v) is 7.36. The van der Waals surface area contributed by atoms with Gasteiger partial charge in [-0.2, -0.15) is 0 Å². The molecule has 0 aliphatic carbocycles. The summed E-state index contributed by atoms with van der Waals surface area (Å²) in [6.45, 7) is 0.705. The number of carbonyl (C=O) groups excluding carboxylic acids is 1. The van der Waals surface area contributed by atoms with Gasteiger partial charge in [-0.15, -0.1) is 11.6 Å². The van der Waals surface area contributed by atoms with E-state index in [0.717, 1.165) is 23.4 Å². The van der Waals surface area contributed by atoms with Crippen molar-refractivity contribution in [3.8, 4) is 0 Å². The lowest BCUT2D eigenvalue weighted by molar-refractivity contribution is -0.132. The van der Waals surface area contributed by atoms with Crippen LogP contribution in [0.2, 0.25) is 0 Å². The highest BCUT2D eigenvalue weighted by molar-refractivity contribution is 6.17. The zero-order chi connectivity index (χ0) is 14.1. The Morgan fingerprint density at radius 3 is 3.10 bits per heavy atom. The topological polar surface area (TPSA) is 51.0 Å². The van der Waals surface area contributed by atoms with Crippen LogP contribution in [0.3, 0.4) is 0 Å². The summed E-state index contributed by atoms with van der Waals surface area (Å²) in [6, 6.07) is 4.09. The molecular weight excluding hydrogens is 276 g/mol. The van der Waals surface area contributed by atoms with Crippen molar-refractivity contribution in [1.29, 1.82) is 0 Å². The van der Waals surface area contributed by atoms with Crippen LogP contribution in [0.5, 0.6) is 0 Å². The molecule has 0 aromatic carbocycles. The summed E-state index contributed by atoms with van der Waals surface area (Å²) in [5, 5.41) is 0. The van der Waals surface area contributed by atoms with E-state index >= 15 is 0 Å². The molecule has 0 radical (unpaired) electrons.